The van der Waals surface area contributed by atoms with Gasteiger partial charge in [-0.3, -0.25) is 4.79 Å². The molecule has 0 N–H and O–H groups in total. The first-order chi connectivity index (χ1) is 13.9. The van der Waals surface area contributed by atoms with Gasteiger partial charge >= 0.3 is 6.18 Å². The maximum atomic E-state index is 13.4. The number of hydrogen-bond acceptors (Lipinski definition) is 3. The van der Waals surface area contributed by atoms with Crippen molar-refractivity contribution in [3.8, 4) is 11.1 Å². The summed E-state index contributed by atoms with van der Waals surface area (Å²) in [6.45, 7) is 2.63. The number of benzene rings is 2. The molecule has 1 saturated heterocycles. The zero-order valence-electron chi connectivity index (χ0n) is 16.0. The summed E-state index contributed by atoms with van der Waals surface area (Å²) in [6.07, 6.45) is -1.54. The Morgan fingerprint density at radius 1 is 1.24 bits per heavy atom. The van der Waals surface area contributed by atoms with Crippen LogP contribution in [0.15, 0.2) is 46.9 Å². The number of amides is 1. The molecule has 2 aromatic carbocycles. The normalized spacial score (nSPS) is 17.2. The molecule has 0 radical (unpaired) electrons. The van der Waals surface area contributed by atoms with Crippen LogP contribution in [0.25, 0.3) is 22.2 Å². The molecule has 1 fully saturated rings. The molecule has 0 aliphatic carbocycles. The Labute approximate surface area is 166 Å². The lowest BCUT2D eigenvalue weighted by atomic mass is 9.99. The van der Waals surface area contributed by atoms with Crippen LogP contribution in [-0.2, 0) is 11.0 Å². The van der Waals surface area contributed by atoms with Crippen LogP contribution in [0, 0.1) is 0 Å². The molecular weight excluding hydrogens is 381 g/mol. The van der Waals surface area contributed by atoms with E-state index >= 15 is 0 Å². The number of hydrogen-bond donors (Lipinski definition) is 0. The Bertz CT molecular complexity index is 1040. The quantitative estimate of drug-likeness (QED) is 0.540. The molecule has 0 saturated carbocycles. The molecule has 152 valence electrons. The van der Waals surface area contributed by atoms with Gasteiger partial charge in [-0.2, -0.15) is 13.2 Å². The Hall–Kier alpha value is -2.83. The molecule has 4 rings (SSSR count). The van der Waals surface area contributed by atoms with Crippen molar-refractivity contribution in [1.82, 2.24) is 9.88 Å². The Balaban J connectivity index is 1.70. The van der Waals surface area contributed by atoms with E-state index < -0.39 is 11.7 Å². The number of halogens is 3. The summed E-state index contributed by atoms with van der Waals surface area (Å²) in [5.41, 5.74) is 0.838. The van der Waals surface area contributed by atoms with Gasteiger partial charge in [0.15, 0.2) is 5.58 Å². The Morgan fingerprint density at radius 2 is 2.03 bits per heavy atom. The van der Waals surface area contributed by atoms with Crippen LogP contribution < -0.4 is 0 Å². The SMILES string of the molecule is CCCC(=O)N1CCCC1c1nc2cc(-c3ccccc3C(F)(F)F)ccc2o1. The van der Waals surface area contributed by atoms with E-state index in [1.165, 1.54) is 12.1 Å². The summed E-state index contributed by atoms with van der Waals surface area (Å²) >= 11 is 0. The number of carbonyl (C=O) groups excluding carboxylic acids is 1. The lowest BCUT2D eigenvalue weighted by molar-refractivity contribution is -0.137. The number of carbonyl (C=O) groups is 1. The maximum Gasteiger partial charge on any atom is 0.417 e. The van der Waals surface area contributed by atoms with Crippen molar-refractivity contribution in [3.05, 3.63) is 53.9 Å². The number of nitrogens with zero attached hydrogens (tertiary/aromatic N) is 2. The van der Waals surface area contributed by atoms with Gasteiger partial charge in [-0.25, -0.2) is 4.98 Å². The zero-order chi connectivity index (χ0) is 20.6. The highest BCUT2D eigenvalue weighted by Crippen LogP contribution is 2.39. The molecule has 29 heavy (non-hydrogen) atoms. The highest BCUT2D eigenvalue weighted by molar-refractivity contribution is 5.82. The highest BCUT2D eigenvalue weighted by Gasteiger charge is 2.34. The average Bonchev–Trinajstić information content (AvgIpc) is 3.33. The topological polar surface area (TPSA) is 46.3 Å². The second-order valence-corrected chi connectivity index (χ2v) is 7.27. The van der Waals surface area contributed by atoms with E-state index in [9.17, 15) is 18.0 Å². The zero-order valence-corrected chi connectivity index (χ0v) is 16.0. The van der Waals surface area contributed by atoms with Crippen molar-refractivity contribution >= 4 is 17.0 Å². The first kappa shape index (κ1) is 19.5. The van der Waals surface area contributed by atoms with E-state index in [4.69, 9.17) is 4.42 Å². The minimum absolute atomic E-state index is 0.0806. The second kappa shape index (κ2) is 7.54. The largest absolute Gasteiger partial charge is 0.438 e. The molecule has 3 aromatic rings. The third kappa shape index (κ3) is 3.73. The van der Waals surface area contributed by atoms with E-state index in [1.807, 2.05) is 6.92 Å². The van der Waals surface area contributed by atoms with Gasteiger partial charge in [0.05, 0.1) is 5.56 Å². The van der Waals surface area contributed by atoms with Crippen molar-refractivity contribution < 1.29 is 22.4 Å². The fourth-order valence-corrected chi connectivity index (χ4v) is 3.92. The molecule has 7 heteroatoms. The van der Waals surface area contributed by atoms with Crippen molar-refractivity contribution in [2.24, 2.45) is 0 Å². The molecule has 1 atom stereocenters. The monoisotopic (exact) mass is 402 g/mol. The summed E-state index contributed by atoms with van der Waals surface area (Å²) in [5.74, 6) is 0.528. The van der Waals surface area contributed by atoms with Crippen LogP contribution in [0.2, 0.25) is 0 Å². The van der Waals surface area contributed by atoms with Crippen molar-refractivity contribution in [3.63, 3.8) is 0 Å². The van der Waals surface area contributed by atoms with Gasteiger partial charge in [0.1, 0.15) is 11.6 Å². The fraction of sp³-hybridized carbons (Fsp3) is 0.364. The first-order valence-corrected chi connectivity index (χ1v) is 9.75. The van der Waals surface area contributed by atoms with E-state index in [2.05, 4.69) is 4.98 Å². The lowest BCUT2D eigenvalue weighted by Crippen LogP contribution is -2.30. The molecule has 1 aliphatic heterocycles. The standard InChI is InChI=1S/C22H21F3N2O2/c1-2-6-20(28)27-12-5-9-18(27)21-26-17-13-14(10-11-19(17)29-21)15-7-3-4-8-16(15)22(23,24)25/h3-4,7-8,10-11,13,18H,2,5-6,9,12H2,1H3. The van der Waals surface area contributed by atoms with Gasteiger partial charge < -0.3 is 9.32 Å². The van der Waals surface area contributed by atoms with Gasteiger partial charge in [-0.05, 0) is 48.6 Å². The van der Waals surface area contributed by atoms with Crippen LogP contribution in [0.4, 0.5) is 13.2 Å². The molecular formula is C22H21F3N2O2. The van der Waals surface area contributed by atoms with E-state index in [0.717, 1.165) is 25.3 Å². The minimum atomic E-state index is -4.44. The summed E-state index contributed by atoms with van der Waals surface area (Å²) < 4.78 is 46.0. The van der Waals surface area contributed by atoms with Gasteiger partial charge in [0.2, 0.25) is 11.8 Å². The number of fused-ring (bicyclic) bond motifs is 1. The Morgan fingerprint density at radius 3 is 2.79 bits per heavy atom. The molecule has 4 nitrogen and oxygen atoms in total. The van der Waals surface area contributed by atoms with Crippen LogP contribution in [0.1, 0.15) is 50.1 Å². The van der Waals surface area contributed by atoms with Gasteiger partial charge in [0.25, 0.3) is 0 Å². The number of likely N-dealkylation sites (tertiary alicyclic amines) is 1. The predicted molar refractivity (Wildman–Crippen MR) is 103 cm³/mol. The molecule has 0 bridgehead atoms. The molecule has 1 aliphatic rings. The second-order valence-electron chi connectivity index (χ2n) is 7.27. The first-order valence-electron chi connectivity index (χ1n) is 9.75. The molecule has 0 spiro atoms. The number of aromatic nitrogens is 1. The van der Waals surface area contributed by atoms with Gasteiger partial charge in [-0.15, -0.1) is 0 Å². The number of oxazole rings is 1. The summed E-state index contributed by atoms with van der Waals surface area (Å²) in [5, 5.41) is 0. The van der Waals surface area contributed by atoms with E-state index in [0.29, 0.717) is 35.5 Å². The smallest absolute Gasteiger partial charge is 0.417 e. The number of rotatable bonds is 4. The molecule has 1 unspecified atom stereocenters. The van der Waals surface area contributed by atoms with Crippen LogP contribution >= 0.6 is 0 Å². The van der Waals surface area contributed by atoms with Gasteiger partial charge in [-0.1, -0.05) is 31.2 Å². The van der Waals surface area contributed by atoms with Crippen LogP contribution in [0.5, 0.6) is 0 Å². The summed E-state index contributed by atoms with van der Waals surface area (Å²) in [4.78, 5) is 18.7. The fourth-order valence-electron chi connectivity index (χ4n) is 3.92. The molecule has 1 aromatic heterocycles. The Kier molecular flexibility index (Phi) is 5.06. The lowest BCUT2D eigenvalue weighted by Gasteiger charge is -2.21. The summed E-state index contributed by atoms with van der Waals surface area (Å²) in [6, 6.07) is 10.1. The van der Waals surface area contributed by atoms with Crippen LogP contribution in [-0.4, -0.2) is 22.3 Å². The van der Waals surface area contributed by atoms with Crippen LogP contribution in [0.3, 0.4) is 0 Å². The van der Waals surface area contributed by atoms with E-state index in [1.54, 1.807) is 29.2 Å². The van der Waals surface area contributed by atoms with Gasteiger partial charge in [0, 0.05) is 13.0 Å². The van der Waals surface area contributed by atoms with Crippen molar-refractivity contribution in [1.29, 1.82) is 0 Å². The third-order valence-corrected chi connectivity index (χ3v) is 5.27. The predicted octanol–water partition coefficient (Wildman–Crippen LogP) is 5.98. The average molecular weight is 402 g/mol. The van der Waals surface area contributed by atoms with Crippen molar-refractivity contribution in [2.45, 2.75) is 44.8 Å². The third-order valence-electron chi connectivity index (χ3n) is 5.27. The summed E-state index contributed by atoms with van der Waals surface area (Å²) in [7, 11) is 0. The number of alkyl halides is 3. The minimum Gasteiger partial charge on any atom is -0.438 e. The van der Waals surface area contributed by atoms with Crippen molar-refractivity contribution in [2.75, 3.05) is 6.54 Å². The molecule has 2 heterocycles. The highest BCUT2D eigenvalue weighted by atomic mass is 19.4. The van der Waals surface area contributed by atoms with E-state index in [-0.39, 0.29) is 17.5 Å². The molecule has 1 amide bonds. The maximum absolute atomic E-state index is 13.4.